The van der Waals surface area contributed by atoms with Crippen LogP contribution in [0.2, 0.25) is 0 Å². The lowest BCUT2D eigenvalue weighted by atomic mass is 10.1. The van der Waals surface area contributed by atoms with Crippen molar-refractivity contribution in [1.82, 2.24) is 4.90 Å². The zero-order chi connectivity index (χ0) is 19.6. The van der Waals surface area contributed by atoms with Gasteiger partial charge in [0, 0.05) is 17.7 Å². The molecule has 6 heteroatoms. The van der Waals surface area contributed by atoms with Crippen LogP contribution in [0.1, 0.15) is 51.3 Å². The van der Waals surface area contributed by atoms with Crippen molar-refractivity contribution in [2.45, 2.75) is 20.3 Å². The van der Waals surface area contributed by atoms with Gasteiger partial charge in [0.1, 0.15) is 0 Å². The average Bonchev–Trinajstić information content (AvgIpc) is 2.87. The Morgan fingerprint density at radius 1 is 0.926 bits per heavy atom. The van der Waals surface area contributed by atoms with Crippen LogP contribution in [0.5, 0.6) is 0 Å². The van der Waals surface area contributed by atoms with E-state index >= 15 is 0 Å². The third-order valence-electron chi connectivity index (χ3n) is 4.26. The third kappa shape index (κ3) is 3.95. The van der Waals surface area contributed by atoms with Gasteiger partial charge in [-0.05, 0) is 42.3 Å². The molecule has 1 heterocycles. The summed E-state index contributed by atoms with van der Waals surface area (Å²) in [5.74, 6) is -1.09. The molecule has 3 amide bonds. The summed E-state index contributed by atoms with van der Waals surface area (Å²) >= 11 is 0. The lowest BCUT2D eigenvalue weighted by molar-refractivity contribution is -0.116. The number of anilines is 1. The minimum atomic E-state index is -0.457. The number of nitrogens with one attached hydrogen (secondary N) is 1. The summed E-state index contributed by atoms with van der Waals surface area (Å²) in [5.41, 5.74) is 1.60. The Labute approximate surface area is 157 Å². The third-order valence-corrected chi connectivity index (χ3v) is 4.26. The topological polar surface area (TPSA) is 83.6 Å². The van der Waals surface area contributed by atoms with E-state index in [1.807, 2.05) is 13.8 Å². The second-order valence-electron chi connectivity index (χ2n) is 6.89. The summed E-state index contributed by atoms with van der Waals surface area (Å²) in [5, 5.41) is 2.77. The van der Waals surface area contributed by atoms with E-state index in [0.29, 0.717) is 28.8 Å². The lowest BCUT2D eigenvalue weighted by Gasteiger charge is -2.13. The highest BCUT2D eigenvalue weighted by atomic mass is 16.2. The molecule has 0 aliphatic carbocycles. The Bertz CT molecular complexity index is 881. The van der Waals surface area contributed by atoms with Crippen LogP contribution in [0.25, 0.3) is 0 Å². The van der Waals surface area contributed by atoms with Crippen molar-refractivity contribution in [2.24, 2.45) is 5.92 Å². The fourth-order valence-electron chi connectivity index (χ4n) is 2.94. The van der Waals surface area contributed by atoms with E-state index in [-0.39, 0.29) is 24.2 Å². The predicted molar refractivity (Wildman–Crippen MR) is 101 cm³/mol. The van der Waals surface area contributed by atoms with Crippen LogP contribution in [0.15, 0.2) is 48.5 Å². The quantitative estimate of drug-likeness (QED) is 0.630. The molecule has 0 atom stereocenters. The number of benzene rings is 2. The van der Waals surface area contributed by atoms with E-state index in [9.17, 15) is 19.2 Å². The zero-order valence-corrected chi connectivity index (χ0v) is 15.2. The maximum absolute atomic E-state index is 12.5. The Kier molecular flexibility index (Phi) is 5.16. The first-order valence-corrected chi connectivity index (χ1v) is 8.75. The summed E-state index contributed by atoms with van der Waals surface area (Å²) in [4.78, 5) is 49.9. The first kappa shape index (κ1) is 18.5. The van der Waals surface area contributed by atoms with Gasteiger partial charge in [-0.15, -0.1) is 0 Å². The van der Waals surface area contributed by atoms with Gasteiger partial charge in [-0.2, -0.15) is 0 Å². The van der Waals surface area contributed by atoms with Crippen molar-refractivity contribution in [3.05, 3.63) is 65.2 Å². The van der Waals surface area contributed by atoms with Gasteiger partial charge in [0.2, 0.25) is 5.91 Å². The lowest BCUT2D eigenvalue weighted by Crippen LogP contribution is -2.34. The molecular formula is C21H20N2O4. The van der Waals surface area contributed by atoms with E-state index in [4.69, 9.17) is 0 Å². The van der Waals surface area contributed by atoms with Crippen molar-refractivity contribution in [3.8, 4) is 0 Å². The number of Topliss-reactive ketones (excluding diaryl/α,β-unsaturated/α-hetero) is 1. The molecule has 0 unspecified atom stereocenters. The molecule has 0 spiro atoms. The Hall–Kier alpha value is -3.28. The monoisotopic (exact) mass is 364 g/mol. The number of hydrogen-bond acceptors (Lipinski definition) is 4. The number of imide groups is 1. The minimum Gasteiger partial charge on any atom is -0.326 e. The van der Waals surface area contributed by atoms with Gasteiger partial charge < -0.3 is 5.32 Å². The van der Waals surface area contributed by atoms with Gasteiger partial charge in [-0.1, -0.05) is 26.0 Å². The summed E-state index contributed by atoms with van der Waals surface area (Å²) in [6.07, 6.45) is 0.417. The molecule has 138 valence electrons. The molecule has 1 N–H and O–H groups in total. The minimum absolute atomic E-state index is 0.0879. The molecule has 3 rings (SSSR count). The van der Waals surface area contributed by atoms with E-state index in [1.165, 1.54) is 0 Å². The second kappa shape index (κ2) is 7.53. The molecular weight excluding hydrogens is 344 g/mol. The Morgan fingerprint density at radius 3 is 2.00 bits per heavy atom. The molecule has 0 saturated heterocycles. The van der Waals surface area contributed by atoms with Crippen molar-refractivity contribution in [2.75, 3.05) is 11.9 Å². The van der Waals surface area contributed by atoms with Gasteiger partial charge in [0.25, 0.3) is 11.8 Å². The summed E-state index contributed by atoms with van der Waals surface area (Å²) in [6, 6.07) is 12.9. The number of amides is 3. The molecule has 1 aliphatic heterocycles. The number of nitrogens with zero attached hydrogens (tertiary/aromatic N) is 1. The average molecular weight is 364 g/mol. The predicted octanol–water partition coefficient (Wildman–Crippen LogP) is 3.15. The summed E-state index contributed by atoms with van der Waals surface area (Å²) in [7, 11) is 0. The highest BCUT2D eigenvalue weighted by Gasteiger charge is 2.36. The molecule has 0 aromatic heterocycles. The van der Waals surface area contributed by atoms with Crippen molar-refractivity contribution < 1.29 is 19.2 Å². The number of ketones is 1. The molecule has 0 radical (unpaired) electrons. The molecule has 0 saturated carbocycles. The van der Waals surface area contributed by atoms with Crippen molar-refractivity contribution >= 4 is 29.2 Å². The van der Waals surface area contributed by atoms with E-state index in [0.717, 1.165) is 4.90 Å². The first-order chi connectivity index (χ1) is 12.9. The van der Waals surface area contributed by atoms with E-state index in [1.54, 1.807) is 48.5 Å². The highest BCUT2D eigenvalue weighted by Crippen LogP contribution is 2.23. The van der Waals surface area contributed by atoms with Crippen molar-refractivity contribution in [1.29, 1.82) is 0 Å². The zero-order valence-electron chi connectivity index (χ0n) is 15.2. The van der Waals surface area contributed by atoms with E-state index < -0.39 is 11.8 Å². The van der Waals surface area contributed by atoms with Crippen molar-refractivity contribution in [3.63, 3.8) is 0 Å². The van der Waals surface area contributed by atoms with Gasteiger partial charge in [0.15, 0.2) is 5.78 Å². The second-order valence-corrected chi connectivity index (χ2v) is 6.89. The van der Waals surface area contributed by atoms with Crippen LogP contribution in [-0.2, 0) is 4.79 Å². The van der Waals surface area contributed by atoms with Gasteiger partial charge in [-0.3, -0.25) is 24.1 Å². The number of carbonyl (C=O) groups is 4. The fraction of sp³-hybridized carbons (Fsp3) is 0.238. The highest BCUT2D eigenvalue weighted by molar-refractivity contribution is 6.23. The van der Waals surface area contributed by atoms with Gasteiger partial charge >= 0.3 is 0 Å². The normalized spacial score (nSPS) is 13.1. The Morgan fingerprint density at radius 2 is 1.48 bits per heavy atom. The Balaban J connectivity index is 1.66. The number of rotatable bonds is 6. The maximum Gasteiger partial charge on any atom is 0.261 e. The number of fused-ring (bicyclic) bond motifs is 1. The van der Waals surface area contributed by atoms with E-state index in [2.05, 4.69) is 5.32 Å². The van der Waals surface area contributed by atoms with Gasteiger partial charge in [-0.25, -0.2) is 0 Å². The fourth-order valence-corrected chi connectivity index (χ4v) is 2.94. The van der Waals surface area contributed by atoms with Gasteiger partial charge in [0.05, 0.1) is 17.7 Å². The van der Waals surface area contributed by atoms with Crippen LogP contribution < -0.4 is 5.32 Å². The van der Waals surface area contributed by atoms with Crippen LogP contribution >= 0.6 is 0 Å². The molecule has 0 bridgehead atoms. The van der Waals surface area contributed by atoms with Crippen LogP contribution in [0.3, 0.4) is 0 Å². The first-order valence-electron chi connectivity index (χ1n) is 8.75. The number of hydrogen-bond donors (Lipinski definition) is 1. The molecule has 2 aromatic rings. The molecule has 0 fully saturated rings. The maximum atomic E-state index is 12.5. The van der Waals surface area contributed by atoms with Crippen LogP contribution in [0.4, 0.5) is 5.69 Å². The summed E-state index contributed by atoms with van der Waals surface area (Å²) < 4.78 is 0. The summed E-state index contributed by atoms with van der Waals surface area (Å²) in [6.45, 7) is 3.60. The molecule has 1 aliphatic rings. The van der Waals surface area contributed by atoms with Crippen LogP contribution in [-0.4, -0.2) is 34.9 Å². The smallest absolute Gasteiger partial charge is 0.261 e. The molecule has 27 heavy (non-hydrogen) atoms. The SMILES string of the molecule is CC(C)CC(=O)Nc1ccc(C(=O)CN2C(=O)c3ccccc3C2=O)cc1. The number of carbonyl (C=O) groups excluding carboxylic acids is 4. The molecule has 2 aromatic carbocycles. The standard InChI is InChI=1S/C21H20N2O4/c1-13(2)11-19(25)22-15-9-7-14(8-10-15)18(24)12-23-20(26)16-5-3-4-6-17(16)21(23)27/h3-10,13H,11-12H2,1-2H3,(H,22,25). The largest absolute Gasteiger partial charge is 0.326 e. The van der Waals surface area contributed by atoms with Crippen LogP contribution in [0, 0.1) is 5.92 Å². The molecule has 6 nitrogen and oxygen atoms in total.